The van der Waals surface area contributed by atoms with Gasteiger partial charge < -0.3 is 9.53 Å². The Morgan fingerprint density at radius 1 is 1.03 bits per heavy atom. The number of hydrogen-bond acceptors (Lipinski definition) is 6. The Morgan fingerprint density at radius 2 is 1.64 bits per heavy atom. The molecule has 0 aliphatic rings. The summed E-state index contributed by atoms with van der Waals surface area (Å²) in [5.41, 5.74) is 0.0203. The van der Waals surface area contributed by atoms with Crippen LogP contribution in [0.1, 0.15) is 63.5 Å². The van der Waals surface area contributed by atoms with Crippen molar-refractivity contribution in [1.29, 1.82) is 0 Å². The Morgan fingerprint density at radius 3 is 2.12 bits per heavy atom. The summed E-state index contributed by atoms with van der Waals surface area (Å²) < 4.78 is 32.3. The van der Waals surface area contributed by atoms with Gasteiger partial charge in [-0.2, -0.15) is 0 Å². The average Bonchev–Trinajstić information content (AvgIpc) is 2.81. The van der Waals surface area contributed by atoms with E-state index in [4.69, 9.17) is 4.74 Å². The van der Waals surface area contributed by atoms with Crippen LogP contribution in [-0.4, -0.2) is 32.5 Å². The van der Waals surface area contributed by atoms with E-state index in [1.165, 1.54) is 18.2 Å². The third kappa shape index (κ3) is 7.12. The van der Waals surface area contributed by atoms with Gasteiger partial charge in [-0.05, 0) is 48.6 Å². The maximum atomic E-state index is 13.6. The highest BCUT2D eigenvalue weighted by molar-refractivity contribution is 7.91. The lowest BCUT2D eigenvalue weighted by Gasteiger charge is -2.28. The molecule has 2 aromatic carbocycles. The number of rotatable bonds is 14. The predicted octanol–water partition coefficient (Wildman–Crippen LogP) is 5.53. The first kappa shape index (κ1) is 26.5. The molecule has 180 valence electrons. The van der Waals surface area contributed by atoms with E-state index in [0.717, 1.165) is 37.5 Å². The second kappa shape index (κ2) is 11.9. The number of nitrogens with zero attached hydrogens (tertiary/aromatic N) is 1. The standard InChI is InChI=1S/C25H33NO6S/c1-4-6-14-25(18-27,15-7-5-2)19-33(30,31)24-13-10-22(26(28)29)17-21(24)16-20-8-11-23(32-3)12-9-20/h8-13,17-18H,4-7,14-16,19H2,1-3H3. The zero-order chi connectivity index (χ0) is 24.5. The summed E-state index contributed by atoms with van der Waals surface area (Å²) in [5, 5.41) is 11.4. The number of unbranched alkanes of at least 4 members (excludes halogenated alkanes) is 2. The number of hydrogen-bond donors (Lipinski definition) is 0. The normalized spacial score (nSPS) is 11.8. The Balaban J connectivity index is 2.49. The molecule has 0 saturated carbocycles. The Labute approximate surface area is 196 Å². The minimum atomic E-state index is -3.88. The van der Waals surface area contributed by atoms with E-state index in [0.29, 0.717) is 24.2 Å². The van der Waals surface area contributed by atoms with Crippen molar-refractivity contribution in [3.05, 3.63) is 63.7 Å². The summed E-state index contributed by atoms with van der Waals surface area (Å²) in [7, 11) is -2.32. The molecule has 0 fully saturated rings. The van der Waals surface area contributed by atoms with Crippen molar-refractivity contribution >= 4 is 21.8 Å². The average molecular weight is 476 g/mol. The number of nitro benzene ring substituents is 1. The molecule has 0 bridgehead atoms. The highest BCUT2D eigenvalue weighted by Crippen LogP contribution is 2.35. The van der Waals surface area contributed by atoms with Crippen molar-refractivity contribution < 1.29 is 22.9 Å². The molecule has 33 heavy (non-hydrogen) atoms. The van der Waals surface area contributed by atoms with Crippen molar-refractivity contribution in [2.24, 2.45) is 5.41 Å². The van der Waals surface area contributed by atoms with Gasteiger partial charge in [-0.25, -0.2) is 8.42 Å². The number of methoxy groups -OCH3 is 1. The van der Waals surface area contributed by atoms with E-state index in [1.54, 1.807) is 31.4 Å². The summed E-state index contributed by atoms with van der Waals surface area (Å²) in [5.74, 6) is 0.366. The molecule has 0 amide bonds. The van der Waals surface area contributed by atoms with Crippen LogP contribution in [0.5, 0.6) is 5.75 Å². The second-order valence-electron chi connectivity index (χ2n) is 8.52. The zero-order valence-electron chi connectivity index (χ0n) is 19.6. The third-order valence-electron chi connectivity index (χ3n) is 5.93. The molecule has 0 unspecified atom stereocenters. The second-order valence-corrected chi connectivity index (χ2v) is 10.5. The monoisotopic (exact) mass is 475 g/mol. The van der Waals surface area contributed by atoms with Gasteiger partial charge in [0.15, 0.2) is 9.84 Å². The van der Waals surface area contributed by atoms with Crippen LogP contribution in [0.25, 0.3) is 0 Å². The fourth-order valence-corrected chi connectivity index (χ4v) is 6.09. The number of carbonyl (C=O) groups excluding carboxylic acids is 1. The van der Waals surface area contributed by atoms with Gasteiger partial charge in [-0.15, -0.1) is 0 Å². The van der Waals surface area contributed by atoms with Gasteiger partial charge in [0.05, 0.1) is 22.7 Å². The van der Waals surface area contributed by atoms with Crippen LogP contribution in [0.15, 0.2) is 47.4 Å². The molecule has 7 nitrogen and oxygen atoms in total. The van der Waals surface area contributed by atoms with Gasteiger partial charge in [-0.3, -0.25) is 10.1 Å². The lowest BCUT2D eigenvalue weighted by Crippen LogP contribution is -2.32. The largest absolute Gasteiger partial charge is 0.497 e. The zero-order valence-corrected chi connectivity index (χ0v) is 20.4. The van der Waals surface area contributed by atoms with Gasteiger partial charge in [0.25, 0.3) is 5.69 Å². The van der Waals surface area contributed by atoms with E-state index in [9.17, 15) is 23.3 Å². The van der Waals surface area contributed by atoms with Crippen molar-refractivity contribution in [3.63, 3.8) is 0 Å². The highest BCUT2D eigenvalue weighted by atomic mass is 32.2. The van der Waals surface area contributed by atoms with Crippen LogP contribution in [0.3, 0.4) is 0 Å². The molecule has 0 aliphatic heterocycles. The van der Waals surface area contributed by atoms with Crippen LogP contribution in [0, 0.1) is 15.5 Å². The first-order chi connectivity index (χ1) is 15.7. The lowest BCUT2D eigenvalue weighted by molar-refractivity contribution is -0.385. The number of ether oxygens (including phenoxy) is 1. The molecule has 2 aromatic rings. The molecule has 2 rings (SSSR count). The Kier molecular flexibility index (Phi) is 9.58. The molecule has 0 N–H and O–H groups in total. The fourth-order valence-electron chi connectivity index (χ4n) is 4.02. The van der Waals surface area contributed by atoms with Crippen LogP contribution in [0.4, 0.5) is 5.69 Å². The molecule has 0 saturated heterocycles. The van der Waals surface area contributed by atoms with E-state index in [-0.39, 0.29) is 22.8 Å². The number of carbonyl (C=O) groups is 1. The number of aldehydes is 1. The minimum absolute atomic E-state index is 0.0446. The molecule has 0 spiro atoms. The first-order valence-electron chi connectivity index (χ1n) is 11.3. The lowest BCUT2D eigenvalue weighted by atomic mass is 9.81. The van der Waals surface area contributed by atoms with Crippen LogP contribution >= 0.6 is 0 Å². The Bertz CT molecular complexity index is 1040. The molecular weight excluding hydrogens is 442 g/mol. The number of benzene rings is 2. The maximum Gasteiger partial charge on any atom is 0.269 e. The Hall–Kier alpha value is -2.74. The van der Waals surface area contributed by atoms with Gasteiger partial charge in [0.1, 0.15) is 12.0 Å². The number of sulfone groups is 1. The van der Waals surface area contributed by atoms with Crippen LogP contribution < -0.4 is 4.74 Å². The third-order valence-corrected chi connectivity index (χ3v) is 7.95. The van der Waals surface area contributed by atoms with E-state index < -0.39 is 20.2 Å². The van der Waals surface area contributed by atoms with Gasteiger partial charge in [0.2, 0.25) is 0 Å². The maximum absolute atomic E-state index is 13.6. The molecule has 0 atom stereocenters. The van der Waals surface area contributed by atoms with E-state index >= 15 is 0 Å². The summed E-state index contributed by atoms with van der Waals surface area (Å²) in [4.78, 5) is 23.0. The SMILES string of the molecule is CCCCC(C=O)(CCCC)CS(=O)(=O)c1ccc([N+](=O)[O-])cc1Cc1ccc(OC)cc1. The first-order valence-corrected chi connectivity index (χ1v) is 12.9. The van der Waals surface area contributed by atoms with Gasteiger partial charge in [0, 0.05) is 17.5 Å². The van der Waals surface area contributed by atoms with Crippen LogP contribution in [0.2, 0.25) is 0 Å². The van der Waals surface area contributed by atoms with Gasteiger partial charge >= 0.3 is 0 Å². The van der Waals surface area contributed by atoms with Crippen molar-refractivity contribution in [3.8, 4) is 5.75 Å². The molecule has 0 aliphatic carbocycles. The number of nitro groups is 1. The molecule has 0 radical (unpaired) electrons. The van der Waals surface area contributed by atoms with Gasteiger partial charge in [-0.1, -0.05) is 51.7 Å². The number of non-ortho nitro benzene ring substituents is 1. The smallest absolute Gasteiger partial charge is 0.269 e. The summed E-state index contributed by atoms with van der Waals surface area (Å²) in [6.07, 6.45) is 5.28. The highest BCUT2D eigenvalue weighted by Gasteiger charge is 2.36. The van der Waals surface area contributed by atoms with Crippen molar-refractivity contribution in [1.82, 2.24) is 0 Å². The molecule has 0 heterocycles. The summed E-state index contributed by atoms with van der Waals surface area (Å²) >= 11 is 0. The summed E-state index contributed by atoms with van der Waals surface area (Å²) in [6, 6.07) is 10.9. The minimum Gasteiger partial charge on any atom is -0.497 e. The molecule has 8 heteroatoms. The van der Waals surface area contributed by atoms with E-state index in [1.807, 2.05) is 13.8 Å². The van der Waals surface area contributed by atoms with Crippen molar-refractivity contribution in [2.75, 3.05) is 12.9 Å². The quantitative estimate of drug-likeness (QED) is 0.202. The van der Waals surface area contributed by atoms with E-state index in [2.05, 4.69) is 0 Å². The topological polar surface area (TPSA) is 104 Å². The molecule has 0 aromatic heterocycles. The predicted molar refractivity (Wildman–Crippen MR) is 128 cm³/mol. The fraction of sp³-hybridized carbons (Fsp3) is 0.480. The summed E-state index contributed by atoms with van der Waals surface area (Å²) in [6.45, 7) is 4.01. The van der Waals surface area contributed by atoms with Crippen LogP contribution in [-0.2, 0) is 21.1 Å². The van der Waals surface area contributed by atoms with Crippen molar-refractivity contribution in [2.45, 2.75) is 63.7 Å². The molecular formula is C25H33NO6S.